The molecule has 1 heterocycles. The van der Waals surface area contributed by atoms with Crippen molar-refractivity contribution in [3.63, 3.8) is 0 Å². The second-order valence-electron chi connectivity index (χ2n) is 4.22. The van der Waals surface area contributed by atoms with Crippen molar-refractivity contribution in [2.24, 2.45) is 5.73 Å². The van der Waals surface area contributed by atoms with Gasteiger partial charge in [0.25, 0.3) is 0 Å². The van der Waals surface area contributed by atoms with Gasteiger partial charge in [-0.15, -0.1) is 11.3 Å². The monoisotopic (exact) mass is 224 g/mol. The highest BCUT2D eigenvalue weighted by Crippen LogP contribution is 2.30. The SMILES string of the molecule is CC(C)(CN)c1nc2cc(F)ccc2s1. The molecular weight excluding hydrogens is 211 g/mol. The molecule has 2 N–H and O–H groups in total. The Balaban J connectivity index is 2.56. The number of rotatable bonds is 2. The molecular formula is C11H13FN2S. The maximum absolute atomic E-state index is 13.0. The van der Waals surface area contributed by atoms with Crippen LogP contribution in [0.3, 0.4) is 0 Å². The molecule has 0 aliphatic heterocycles. The van der Waals surface area contributed by atoms with Crippen molar-refractivity contribution in [2.45, 2.75) is 19.3 Å². The molecule has 1 aromatic heterocycles. The molecule has 0 aliphatic rings. The van der Waals surface area contributed by atoms with Crippen LogP contribution in [-0.4, -0.2) is 11.5 Å². The standard InChI is InChI=1S/C11H13FN2S/c1-11(2,6-13)10-14-8-5-7(12)3-4-9(8)15-10/h3-5H,6,13H2,1-2H3. The summed E-state index contributed by atoms with van der Waals surface area (Å²) in [6, 6.07) is 4.68. The first-order chi connectivity index (χ1) is 7.03. The summed E-state index contributed by atoms with van der Waals surface area (Å²) in [5.74, 6) is -0.245. The lowest BCUT2D eigenvalue weighted by Crippen LogP contribution is -2.27. The minimum atomic E-state index is -0.245. The third-order valence-electron chi connectivity index (χ3n) is 2.44. The van der Waals surface area contributed by atoms with Crippen molar-refractivity contribution in [3.05, 3.63) is 29.0 Å². The third-order valence-corrected chi connectivity index (χ3v) is 3.84. The van der Waals surface area contributed by atoms with Gasteiger partial charge in [0.15, 0.2) is 0 Å². The number of nitrogens with two attached hydrogens (primary N) is 1. The molecule has 0 spiro atoms. The Morgan fingerprint density at radius 1 is 1.47 bits per heavy atom. The Morgan fingerprint density at radius 3 is 2.87 bits per heavy atom. The van der Waals surface area contributed by atoms with Crippen LogP contribution < -0.4 is 5.73 Å². The Kier molecular flexibility index (Phi) is 2.48. The van der Waals surface area contributed by atoms with Gasteiger partial charge in [0.1, 0.15) is 10.8 Å². The Bertz CT molecular complexity index is 490. The minimum Gasteiger partial charge on any atom is -0.330 e. The zero-order chi connectivity index (χ0) is 11.1. The van der Waals surface area contributed by atoms with Crippen LogP contribution >= 0.6 is 11.3 Å². The summed E-state index contributed by atoms with van der Waals surface area (Å²) < 4.78 is 14.0. The second kappa shape index (κ2) is 3.54. The normalized spacial score (nSPS) is 12.3. The molecule has 0 bridgehead atoms. The maximum Gasteiger partial charge on any atom is 0.125 e. The maximum atomic E-state index is 13.0. The number of hydrogen-bond donors (Lipinski definition) is 1. The van der Waals surface area contributed by atoms with E-state index in [0.717, 1.165) is 15.2 Å². The molecule has 0 atom stereocenters. The Hall–Kier alpha value is -1.00. The molecule has 1 aromatic carbocycles. The fourth-order valence-corrected chi connectivity index (χ4v) is 2.33. The van der Waals surface area contributed by atoms with Crippen LogP contribution in [0.2, 0.25) is 0 Å². The van der Waals surface area contributed by atoms with Gasteiger partial charge in [0.2, 0.25) is 0 Å². The van der Waals surface area contributed by atoms with Crippen LogP contribution in [0.25, 0.3) is 10.2 Å². The van der Waals surface area contributed by atoms with Gasteiger partial charge in [-0.05, 0) is 12.1 Å². The summed E-state index contributed by atoms with van der Waals surface area (Å²) in [5.41, 5.74) is 6.26. The van der Waals surface area contributed by atoms with Crippen molar-refractivity contribution in [3.8, 4) is 0 Å². The molecule has 2 nitrogen and oxygen atoms in total. The van der Waals surface area contributed by atoms with Gasteiger partial charge >= 0.3 is 0 Å². The van der Waals surface area contributed by atoms with Crippen LogP contribution in [0.4, 0.5) is 4.39 Å². The van der Waals surface area contributed by atoms with Crippen LogP contribution in [0.5, 0.6) is 0 Å². The number of fused-ring (bicyclic) bond motifs is 1. The topological polar surface area (TPSA) is 38.9 Å². The lowest BCUT2D eigenvalue weighted by atomic mass is 9.95. The lowest BCUT2D eigenvalue weighted by Gasteiger charge is -2.18. The fourth-order valence-electron chi connectivity index (χ4n) is 1.28. The largest absolute Gasteiger partial charge is 0.330 e. The van der Waals surface area contributed by atoms with E-state index in [1.807, 2.05) is 13.8 Å². The molecule has 0 aliphatic carbocycles. The van der Waals surface area contributed by atoms with Crippen molar-refractivity contribution < 1.29 is 4.39 Å². The van der Waals surface area contributed by atoms with E-state index >= 15 is 0 Å². The average molecular weight is 224 g/mol. The van der Waals surface area contributed by atoms with Gasteiger partial charge in [-0.1, -0.05) is 13.8 Å². The first-order valence-electron chi connectivity index (χ1n) is 4.79. The van der Waals surface area contributed by atoms with Crippen LogP contribution in [0.1, 0.15) is 18.9 Å². The number of hydrogen-bond acceptors (Lipinski definition) is 3. The molecule has 2 aromatic rings. The highest BCUT2D eigenvalue weighted by Gasteiger charge is 2.22. The molecule has 15 heavy (non-hydrogen) atoms. The summed E-state index contributed by atoms with van der Waals surface area (Å²) in [6.45, 7) is 4.62. The smallest absolute Gasteiger partial charge is 0.125 e. The van der Waals surface area contributed by atoms with E-state index in [1.54, 1.807) is 17.4 Å². The number of thiazole rings is 1. The van der Waals surface area contributed by atoms with E-state index in [1.165, 1.54) is 12.1 Å². The lowest BCUT2D eigenvalue weighted by molar-refractivity contribution is 0.536. The molecule has 0 amide bonds. The summed E-state index contributed by atoms with van der Waals surface area (Å²) in [4.78, 5) is 4.41. The molecule has 2 rings (SSSR count). The summed E-state index contributed by atoms with van der Waals surface area (Å²) in [6.07, 6.45) is 0. The van der Waals surface area contributed by atoms with Gasteiger partial charge in [0.05, 0.1) is 10.2 Å². The first kappa shape index (κ1) is 10.5. The zero-order valence-electron chi connectivity index (χ0n) is 8.75. The fraction of sp³-hybridized carbons (Fsp3) is 0.364. The van der Waals surface area contributed by atoms with Crippen LogP contribution in [-0.2, 0) is 5.41 Å². The molecule has 0 unspecified atom stereocenters. The average Bonchev–Trinajstić information content (AvgIpc) is 2.61. The van der Waals surface area contributed by atoms with E-state index in [9.17, 15) is 4.39 Å². The summed E-state index contributed by atoms with van der Waals surface area (Å²) in [5, 5.41) is 0.964. The van der Waals surface area contributed by atoms with E-state index in [4.69, 9.17) is 5.73 Å². The Morgan fingerprint density at radius 2 is 2.20 bits per heavy atom. The van der Waals surface area contributed by atoms with E-state index < -0.39 is 0 Å². The van der Waals surface area contributed by atoms with Gasteiger partial charge < -0.3 is 5.73 Å². The van der Waals surface area contributed by atoms with Gasteiger partial charge in [-0.25, -0.2) is 9.37 Å². The quantitative estimate of drug-likeness (QED) is 0.851. The van der Waals surface area contributed by atoms with E-state index in [2.05, 4.69) is 4.98 Å². The van der Waals surface area contributed by atoms with Crippen molar-refractivity contribution in [1.29, 1.82) is 0 Å². The molecule has 80 valence electrons. The molecule has 0 saturated carbocycles. The molecule has 0 saturated heterocycles. The predicted octanol–water partition coefficient (Wildman–Crippen LogP) is 2.67. The highest BCUT2D eigenvalue weighted by atomic mass is 32.1. The minimum absolute atomic E-state index is 0.139. The van der Waals surface area contributed by atoms with Gasteiger partial charge in [-0.2, -0.15) is 0 Å². The summed E-state index contributed by atoms with van der Waals surface area (Å²) >= 11 is 1.58. The second-order valence-corrected chi connectivity index (χ2v) is 5.25. The summed E-state index contributed by atoms with van der Waals surface area (Å²) in [7, 11) is 0. The van der Waals surface area contributed by atoms with Gasteiger partial charge in [-0.3, -0.25) is 0 Å². The van der Waals surface area contributed by atoms with E-state index in [0.29, 0.717) is 6.54 Å². The van der Waals surface area contributed by atoms with Crippen molar-refractivity contribution in [1.82, 2.24) is 4.98 Å². The third kappa shape index (κ3) is 1.87. The molecule has 4 heteroatoms. The van der Waals surface area contributed by atoms with Gasteiger partial charge in [0, 0.05) is 18.0 Å². The number of nitrogens with zero attached hydrogens (tertiary/aromatic N) is 1. The predicted molar refractivity (Wildman–Crippen MR) is 61.7 cm³/mol. The number of aromatic nitrogens is 1. The molecule has 0 fully saturated rings. The zero-order valence-corrected chi connectivity index (χ0v) is 9.57. The van der Waals surface area contributed by atoms with E-state index in [-0.39, 0.29) is 11.2 Å². The van der Waals surface area contributed by atoms with Crippen molar-refractivity contribution in [2.75, 3.05) is 6.54 Å². The highest BCUT2D eigenvalue weighted by molar-refractivity contribution is 7.18. The van der Waals surface area contributed by atoms with Crippen molar-refractivity contribution >= 4 is 21.6 Å². The molecule has 0 radical (unpaired) electrons. The van der Waals surface area contributed by atoms with Crippen LogP contribution in [0, 0.1) is 5.82 Å². The van der Waals surface area contributed by atoms with Crippen LogP contribution in [0.15, 0.2) is 18.2 Å². The number of halogens is 1. The number of benzene rings is 1. The Labute approximate surface area is 91.9 Å². The first-order valence-corrected chi connectivity index (χ1v) is 5.61.